The molecule has 0 saturated carbocycles. The van der Waals surface area contributed by atoms with Crippen LogP contribution in [0.1, 0.15) is 115 Å². The average Bonchev–Trinajstić information content (AvgIpc) is 2.88. The van der Waals surface area contributed by atoms with Gasteiger partial charge in [0.15, 0.2) is 0 Å². The molecule has 0 atom stereocenters. The molecular formula is C32H52O2. The van der Waals surface area contributed by atoms with E-state index in [1.54, 1.807) is 14.2 Å². The van der Waals surface area contributed by atoms with Crippen LogP contribution in [0.15, 0.2) is 48.5 Å². The number of methoxy groups -OCH3 is 2. The van der Waals surface area contributed by atoms with E-state index in [1.807, 2.05) is 12.1 Å². The van der Waals surface area contributed by atoms with Crippen LogP contribution in [0, 0.1) is 0 Å². The summed E-state index contributed by atoms with van der Waals surface area (Å²) in [5.41, 5.74) is 2.70. The summed E-state index contributed by atoms with van der Waals surface area (Å²) < 4.78 is 10.7. The number of benzene rings is 2. The number of rotatable bonds is 18. The quantitative estimate of drug-likeness (QED) is 0.203. The Bertz CT molecular complexity index is 648. The van der Waals surface area contributed by atoms with E-state index in [1.165, 1.54) is 101 Å². The second kappa shape index (κ2) is 21.6. The van der Waals surface area contributed by atoms with Crippen LogP contribution < -0.4 is 9.47 Å². The molecule has 2 nitrogen and oxygen atoms in total. The molecule has 0 fully saturated rings. The molecule has 0 aliphatic carbocycles. The summed E-state index contributed by atoms with van der Waals surface area (Å²) in [6, 6.07) is 16.7. The van der Waals surface area contributed by atoms with Gasteiger partial charge >= 0.3 is 0 Å². The first-order valence-corrected chi connectivity index (χ1v) is 14.0. The topological polar surface area (TPSA) is 18.5 Å². The van der Waals surface area contributed by atoms with Crippen molar-refractivity contribution < 1.29 is 9.47 Å². The number of ether oxygens (including phenoxy) is 2. The molecule has 0 aliphatic heterocycles. The molecule has 34 heavy (non-hydrogen) atoms. The number of unbranched alkanes of at least 4 members (excludes halogenated alkanes) is 12. The van der Waals surface area contributed by atoms with Crippen molar-refractivity contribution in [2.75, 3.05) is 14.2 Å². The minimum Gasteiger partial charge on any atom is -0.496 e. The molecule has 0 aliphatic rings. The first-order chi connectivity index (χ1) is 16.8. The molecule has 0 unspecified atom stereocenters. The predicted octanol–water partition coefficient (Wildman–Crippen LogP) is 9.98. The van der Waals surface area contributed by atoms with E-state index in [2.05, 4.69) is 50.2 Å². The highest BCUT2D eigenvalue weighted by molar-refractivity contribution is 5.33. The van der Waals surface area contributed by atoms with Crippen LogP contribution in [0.5, 0.6) is 11.5 Å². The Morgan fingerprint density at radius 1 is 0.441 bits per heavy atom. The van der Waals surface area contributed by atoms with Crippen molar-refractivity contribution in [3.8, 4) is 11.5 Å². The van der Waals surface area contributed by atoms with Gasteiger partial charge in [-0.2, -0.15) is 0 Å². The summed E-state index contributed by atoms with van der Waals surface area (Å²) in [4.78, 5) is 0. The van der Waals surface area contributed by atoms with Crippen LogP contribution >= 0.6 is 0 Å². The Morgan fingerprint density at radius 3 is 1.12 bits per heavy atom. The third-order valence-corrected chi connectivity index (χ3v) is 6.48. The lowest BCUT2D eigenvalue weighted by molar-refractivity contribution is 0.408. The normalized spacial score (nSPS) is 10.5. The molecule has 0 aromatic heterocycles. The molecule has 2 aromatic carbocycles. The smallest absolute Gasteiger partial charge is 0.122 e. The molecule has 0 N–H and O–H groups in total. The van der Waals surface area contributed by atoms with E-state index >= 15 is 0 Å². The summed E-state index contributed by atoms with van der Waals surface area (Å²) in [7, 11) is 3.51. The summed E-state index contributed by atoms with van der Waals surface area (Å²) in [6.07, 6.45) is 21.4. The van der Waals surface area contributed by atoms with Crippen molar-refractivity contribution in [1.82, 2.24) is 0 Å². The van der Waals surface area contributed by atoms with Crippen LogP contribution in [0.2, 0.25) is 0 Å². The number of hydrogen-bond acceptors (Lipinski definition) is 2. The lowest BCUT2D eigenvalue weighted by atomic mass is 10.0. The Morgan fingerprint density at radius 2 is 0.765 bits per heavy atom. The summed E-state index contributed by atoms with van der Waals surface area (Å²) in [5, 5.41) is 0. The van der Waals surface area contributed by atoms with Crippen LogP contribution in [-0.2, 0) is 12.8 Å². The Hall–Kier alpha value is -1.96. The fourth-order valence-electron chi connectivity index (χ4n) is 4.36. The Kier molecular flexibility index (Phi) is 19.1. The molecule has 2 aromatic rings. The molecule has 0 radical (unpaired) electrons. The predicted molar refractivity (Wildman–Crippen MR) is 149 cm³/mol. The molecule has 0 spiro atoms. The van der Waals surface area contributed by atoms with Crippen molar-refractivity contribution in [1.29, 1.82) is 0 Å². The van der Waals surface area contributed by atoms with E-state index in [0.29, 0.717) is 0 Å². The van der Waals surface area contributed by atoms with Gasteiger partial charge in [0.25, 0.3) is 0 Å². The van der Waals surface area contributed by atoms with Crippen LogP contribution in [0.3, 0.4) is 0 Å². The zero-order chi connectivity index (χ0) is 24.7. The van der Waals surface area contributed by atoms with Gasteiger partial charge in [0.2, 0.25) is 0 Å². The fourth-order valence-corrected chi connectivity index (χ4v) is 4.36. The SMILES string of the molecule is CCCCCCCCCc1ccccc1OC.CCCCCCCCCc1ccccc1OC. The standard InChI is InChI=1S/2C16H26O/c2*1-3-4-5-6-7-8-9-12-15-13-10-11-14-16(15)17-2/h2*10-11,13-14H,3-9,12H2,1-2H3. The summed E-state index contributed by atoms with van der Waals surface area (Å²) >= 11 is 0. The third-order valence-electron chi connectivity index (χ3n) is 6.48. The van der Waals surface area contributed by atoms with Crippen molar-refractivity contribution in [2.45, 2.75) is 117 Å². The molecule has 192 valence electrons. The van der Waals surface area contributed by atoms with Gasteiger partial charge in [0, 0.05) is 0 Å². The monoisotopic (exact) mass is 468 g/mol. The number of aryl methyl sites for hydroxylation is 2. The van der Waals surface area contributed by atoms with E-state index in [9.17, 15) is 0 Å². The van der Waals surface area contributed by atoms with Gasteiger partial charge in [0.05, 0.1) is 14.2 Å². The highest BCUT2D eigenvalue weighted by Gasteiger charge is 2.01. The first-order valence-electron chi connectivity index (χ1n) is 14.0. The van der Waals surface area contributed by atoms with Crippen molar-refractivity contribution in [3.63, 3.8) is 0 Å². The lowest BCUT2D eigenvalue weighted by Gasteiger charge is -2.07. The molecular weight excluding hydrogens is 416 g/mol. The van der Waals surface area contributed by atoms with Gasteiger partial charge in [-0.1, -0.05) is 127 Å². The lowest BCUT2D eigenvalue weighted by Crippen LogP contribution is -1.92. The van der Waals surface area contributed by atoms with Gasteiger partial charge in [-0.25, -0.2) is 0 Å². The van der Waals surface area contributed by atoms with Gasteiger partial charge in [-0.05, 0) is 48.9 Å². The van der Waals surface area contributed by atoms with E-state index in [-0.39, 0.29) is 0 Å². The summed E-state index contributed by atoms with van der Waals surface area (Å²) in [6.45, 7) is 4.53. The highest BCUT2D eigenvalue weighted by atomic mass is 16.5. The first kappa shape index (κ1) is 30.1. The average molecular weight is 469 g/mol. The largest absolute Gasteiger partial charge is 0.496 e. The summed E-state index contributed by atoms with van der Waals surface area (Å²) in [5.74, 6) is 2.08. The second-order valence-corrected chi connectivity index (χ2v) is 9.37. The minimum atomic E-state index is 1.04. The fraction of sp³-hybridized carbons (Fsp3) is 0.625. The van der Waals surface area contributed by atoms with Crippen LogP contribution in [-0.4, -0.2) is 14.2 Å². The molecule has 0 saturated heterocycles. The zero-order valence-electron chi connectivity index (χ0n) is 22.7. The molecule has 0 heterocycles. The second-order valence-electron chi connectivity index (χ2n) is 9.37. The van der Waals surface area contributed by atoms with Crippen LogP contribution in [0.25, 0.3) is 0 Å². The van der Waals surface area contributed by atoms with Gasteiger partial charge in [-0.3, -0.25) is 0 Å². The zero-order valence-corrected chi connectivity index (χ0v) is 22.7. The Balaban J connectivity index is 0.000000340. The van der Waals surface area contributed by atoms with E-state index in [4.69, 9.17) is 9.47 Å². The minimum absolute atomic E-state index is 1.04. The molecule has 0 amide bonds. The number of hydrogen-bond donors (Lipinski definition) is 0. The maximum atomic E-state index is 5.36. The maximum Gasteiger partial charge on any atom is 0.122 e. The highest BCUT2D eigenvalue weighted by Crippen LogP contribution is 2.21. The van der Waals surface area contributed by atoms with Crippen molar-refractivity contribution >= 4 is 0 Å². The Labute approximate surface area is 211 Å². The molecule has 2 rings (SSSR count). The maximum absolute atomic E-state index is 5.36. The van der Waals surface area contributed by atoms with Crippen LogP contribution in [0.4, 0.5) is 0 Å². The van der Waals surface area contributed by atoms with Crippen molar-refractivity contribution in [2.24, 2.45) is 0 Å². The molecule has 2 heteroatoms. The molecule has 0 bridgehead atoms. The van der Waals surface area contributed by atoms with E-state index in [0.717, 1.165) is 24.3 Å². The third kappa shape index (κ3) is 14.3. The van der Waals surface area contributed by atoms with Gasteiger partial charge in [0.1, 0.15) is 11.5 Å². The van der Waals surface area contributed by atoms with Crippen molar-refractivity contribution in [3.05, 3.63) is 59.7 Å². The van der Waals surface area contributed by atoms with E-state index < -0.39 is 0 Å². The van der Waals surface area contributed by atoms with Gasteiger partial charge < -0.3 is 9.47 Å². The van der Waals surface area contributed by atoms with Gasteiger partial charge in [-0.15, -0.1) is 0 Å². The number of para-hydroxylation sites is 2.